The largest absolute Gasteiger partial charge is 0.461 e. The lowest BCUT2D eigenvalue weighted by Crippen LogP contribution is -2.17. The van der Waals surface area contributed by atoms with Gasteiger partial charge in [0, 0.05) is 6.07 Å². The molecule has 0 aliphatic carbocycles. The van der Waals surface area contributed by atoms with Crippen LogP contribution < -0.4 is 11.2 Å². The van der Waals surface area contributed by atoms with Crippen LogP contribution in [0.2, 0.25) is 0 Å². The maximum Gasteiger partial charge on any atom is 0.293 e. The van der Waals surface area contributed by atoms with Crippen molar-refractivity contribution in [1.82, 2.24) is 14.9 Å². The average molecular weight is 374 g/mol. The van der Waals surface area contributed by atoms with Crippen LogP contribution in [0.5, 0.6) is 0 Å². The lowest BCUT2D eigenvalue weighted by molar-refractivity contribution is -0.384. The Morgan fingerprint density at radius 3 is 2.92 bits per heavy atom. The molecule has 0 unspecified atom stereocenters. The molecule has 0 aliphatic heterocycles. The molecule has 0 saturated heterocycles. The number of benzene rings is 1. The summed E-state index contributed by atoms with van der Waals surface area (Å²) in [6, 6.07) is 7.96. The third-order valence-electron chi connectivity index (χ3n) is 3.36. The van der Waals surface area contributed by atoms with Gasteiger partial charge in [-0.15, -0.1) is 10.2 Å². The second kappa shape index (κ2) is 7.27. The number of nitro groups is 1. The van der Waals surface area contributed by atoms with Gasteiger partial charge in [-0.1, -0.05) is 17.8 Å². The fraction of sp³-hybridized carbons (Fsp3) is 0.133. The minimum atomic E-state index is -0.540. The summed E-state index contributed by atoms with van der Waals surface area (Å²) in [5, 5.41) is 21.8. The van der Waals surface area contributed by atoms with Gasteiger partial charge in [0.15, 0.2) is 5.76 Å². The number of nitrogens with zero attached hydrogens (tertiary/aromatic N) is 4. The number of carbonyl (C=O) groups excluding carboxylic acids is 1. The molecule has 0 fully saturated rings. The number of nitro benzene ring substituents is 1. The summed E-state index contributed by atoms with van der Waals surface area (Å²) in [5.74, 6) is 6.21. The number of amides is 1. The number of aryl methyl sites for hydroxylation is 1. The van der Waals surface area contributed by atoms with Crippen molar-refractivity contribution < 1.29 is 14.1 Å². The molecule has 0 atom stereocenters. The van der Waals surface area contributed by atoms with Crippen molar-refractivity contribution in [3.63, 3.8) is 0 Å². The number of furan rings is 1. The fourth-order valence-electron chi connectivity index (χ4n) is 2.16. The summed E-state index contributed by atoms with van der Waals surface area (Å²) in [6.07, 6.45) is 1.48. The highest BCUT2D eigenvalue weighted by Crippen LogP contribution is 2.26. The Morgan fingerprint density at radius 2 is 2.23 bits per heavy atom. The summed E-state index contributed by atoms with van der Waals surface area (Å²) < 4.78 is 6.42. The summed E-state index contributed by atoms with van der Waals surface area (Å²) in [6.45, 7) is 1.74. The second-order valence-electron chi connectivity index (χ2n) is 5.27. The van der Waals surface area contributed by atoms with E-state index in [1.54, 1.807) is 25.1 Å². The van der Waals surface area contributed by atoms with Crippen molar-refractivity contribution in [2.45, 2.75) is 12.1 Å². The molecule has 3 N–H and O–H groups in total. The van der Waals surface area contributed by atoms with Gasteiger partial charge in [0.2, 0.25) is 16.9 Å². The Kier molecular flexibility index (Phi) is 4.89. The molecule has 10 nitrogen and oxygen atoms in total. The van der Waals surface area contributed by atoms with E-state index in [1.807, 2.05) is 0 Å². The normalized spacial score (nSPS) is 10.7. The molecule has 11 heteroatoms. The molecule has 3 aromatic rings. The van der Waals surface area contributed by atoms with Gasteiger partial charge in [0.1, 0.15) is 5.69 Å². The Labute approximate surface area is 151 Å². The molecule has 2 aromatic heterocycles. The number of anilines is 1. The monoisotopic (exact) mass is 374 g/mol. The van der Waals surface area contributed by atoms with Crippen molar-refractivity contribution in [2.24, 2.45) is 0 Å². The van der Waals surface area contributed by atoms with Crippen LogP contribution in [-0.2, 0) is 4.79 Å². The minimum absolute atomic E-state index is 0.0431. The summed E-state index contributed by atoms with van der Waals surface area (Å²) in [7, 11) is 0. The van der Waals surface area contributed by atoms with Gasteiger partial charge < -0.3 is 15.6 Å². The molecule has 0 radical (unpaired) electrons. The quantitative estimate of drug-likeness (QED) is 0.289. The van der Waals surface area contributed by atoms with E-state index in [-0.39, 0.29) is 17.1 Å². The predicted molar refractivity (Wildman–Crippen MR) is 95.1 cm³/mol. The lowest BCUT2D eigenvalue weighted by Gasteiger charge is -2.06. The number of nitrogens with one attached hydrogen (secondary N) is 1. The standard InChI is InChI=1S/C15H14N6O4S/c1-9-4-5-10(11(7-9)21(23)24)17-13(22)8-26-15-19-18-14(20(15)16)12-3-2-6-25-12/h2-7H,8,16H2,1H3,(H,17,22). The minimum Gasteiger partial charge on any atom is -0.461 e. The van der Waals surface area contributed by atoms with E-state index >= 15 is 0 Å². The Hall–Kier alpha value is -3.34. The Morgan fingerprint density at radius 1 is 1.42 bits per heavy atom. The topological polar surface area (TPSA) is 142 Å². The SMILES string of the molecule is Cc1ccc(NC(=O)CSc2nnc(-c3ccco3)n2N)c([N+](=O)[O-])c1. The van der Waals surface area contributed by atoms with Gasteiger partial charge >= 0.3 is 0 Å². The molecule has 0 bridgehead atoms. The molecular weight excluding hydrogens is 360 g/mol. The maximum atomic E-state index is 12.1. The molecule has 3 rings (SSSR count). The summed E-state index contributed by atoms with van der Waals surface area (Å²) >= 11 is 1.05. The van der Waals surface area contributed by atoms with Gasteiger partial charge in [-0.05, 0) is 30.7 Å². The van der Waals surface area contributed by atoms with Gasteiger partial charge in [-0.2, -0.15) is 0 Å². The highest BCUT2D eigenvalue weighted by atomic mass is 32.2. The van der Waals surface area contributed by atoms with Crippen LogP contribution in [0, 0.1) is 17.0 Å². The predicted octanol–water partition coefficient (Wildman–Crippen LogP) is 2.20. The fourth-order valence-corrected chi connectivity index (χ4v) is 2.82. The third-order valence-corrected chi connectivity index (χ3v) is 4.31. The van der Waals surface area contributed by atoms with Gasteiger partial charge in [0.05, 0.1) is 16.9 Å². The molecule has 134 valence electrons. The molecule has 2 heterocycles. The van der Waals surface area contributed by atoms with E-state index in [0.717, 1.165) is 17.3 Å². The number of thioether (sulfide) groups is 1. The van der Waals surface area contributed by atoms with E-state index in [4.69, 9.17) is 10.3 Å². The highest BCUT2D eigenvalue weighted by molar-refractivity contribution is 7.99. The maximum absolute atomic E-state index is 12.1. The zero-order valence-electron chi connectivity index (χ0n) is 13.6. The first-order valence-corrected chi connectivity index (χ1v) is 8.36. The molecule has 1 amide bonds. The van der Waals surface area contributed by atoms with Crippen molar-refractivity contribution in [1.29, 1.82) is 0 Å². The Bertz CT molecular complexity index is 953. The Balaban J connectivity index is 1.66. The zero-order valence-corrected chi connectivity index (χ0v) is 14.4. The van der Waals surface area contributed by atoms with Crippen molar-refractivity contribution in [2.75, 3.05) is 16.9 Å². The molecule has 0 spiro atoms. The van der Waals surface area contributed by atoms with Crippen LogP contribution in [0.25, 0.3) is 11.6 Å². The summed E-state index contributed by atoms with van der Waals surface area (Å²) in [4.78, 5) is 22.7. The zero-order chi connectivity index (χ0) is 18.7. The number of nitrogens with two attached hydrogens (primary N) is 1. The first-order chi connectivity index (χ1) is 12.5. The molecule has 26 heavy (non-hydrogen) atoms. The molecular formula is C15H14N6O4S. The number of hydrogen-bond acceptors (Lipinski definition) is 8. The van der Waals surface area contributed by atoms with Crippen LogP contribution in [0.3, 0.4) is 0 Å². The van der Waals surface area contributed by atoms with Gasteiger partial charge in [-0.25, -0.2) is 4.68 Å². The van der Waals surface area contributed by atoms with Crippen LogP contribution in [0.15, 0.2) is 46.2 Å². The van der Waals surface area contributed by atoms with E-state index in [1.165, 1.54) is 23.1 Å². The van der Waals surface area contributed by atoms with E-state index < -0.39 is 10.8 Å². The van der Waals surface area contributed by atoms with Crippen LogP contribution in [0.1, 0.15) is 5.56 Å². The highest BCUT2D eigenvalue weighted by Gasteiger charge is 2.18. The van der Waals surface area contributed by atoms with Crippen molar-refractivity contribution in [3.8, 4) is 11.6 Å². The number of rotatable bonds is 6. The van der Waals surface area contributed by atoms with Gasteiger partial charge in [0.25, 0.3) is 5.69 Å². The number of hydrogen-bond donors (Lipinski definition) is 2. The van der Waals surface area contributed by atoms with Crippen molar-refractivity contribution >= 4 is 29.0 Å². The van der Waals surface area contributed by atoms with Crippen molar-refractivity contribution in [3.05, 3.63) is 52.3 Å². The molecule has 0 aliphatic rings. The smallest absolute Gasteiger partial charge is 0.293 e. The van der Waals surface area contributed by atoms with Gasteiger partial charge in [-0.3, -0.25) is 14.9 Å². The third kappa shape index (κ3) is 3.67. The van der Waals surface area contributed by atoms with E-state index in [0.29, 0.717) is 16.7 Å². The first-order valence-electron chi connectivity index (χ1n) is 7.38. The molecule has 0 saturated carbocycles. The number of aromatic nitrogens is 3. The van der Waals surface area contributed by atoms with Crippen LogP contribution in [-0.4, -0.2) is 31.5 Å². The van der Waals surface area contributed by atoms with E-state index in [2.05, 4.69) is 15.5 Å². The first kappa shape index (κ1) is 17.5. The number of nitrogen functional groups attached to an aromatic ring is 1. The lowest BCUT2D eigenvalue weighted by atomic mass is 10.2. The average Bonchev–Trinajstić information content (AvgIpc) is 3.24. The number of carbonyl (C=O) groups is 1. The molecule has 1 aromatic carbocycles. The van der Waals surface area contributed by atoms with Crippen LogP contribution in [0.4, 0.5) is 11.4 Å². The van der Waals surface area contributed by atoms with E-state index in [9.17, 15) is 14.9 Å². The van der Waals surface area contributed by atoms with Crippen LogP contribution >= 0.6 is 11.8 Å². The second-order valence-corrected chi connectivity index (χ2v) is 6.21. The summed E-state index contributed by atoms with van der Waals surface area (Å²) in [5.41, 5.74) is 0.702.